The molecular weight excluding hydrogens is 431 g/mol. The van der Waals surface area contributed by atoms with Crippen LogP contribution in [0.5, 0.6) is 11.5 Å². The predicted molar refractivity (Wildman–Crippen MR) is 120 cm³/mol. The molecule has 0 unspecified atom stereocenters. The summed E-state index contributed by atoms with van der Waals surface area (Å²) in [6.07, 6.45) is 2.74. The molecule has 0 amide bonds. The molecule has 33 heavy (non-hydrogen) atoms. The number of ether oxygens (including phenoxy) is 2. The lowest BCUT2D eigenvalue weighted by Crippen LogP contribution is -2.44. The summed E-state index contributed by atoms with van der Waals surface area (Å²) in [6.45, 7) is 1.90. The molecule has 1 saturated heterocycles. The first-order valence-electron chi connectivity index (χ1n) is 10.8. The molecule has 5 nitrogen and oxygen atoms in total. The van der Waals surface area contributed by atoms with Crippen molar-refractivity contribution in [3.05, 3.63) is 78.4 Å². The van der Waals surface area contributed by atoms with E-state index in [1.54, 1.807) is 13.3 Å². The van der Waals surface area contributed by atoms with Crippen LogP contribution >= 0.6 is 0 Å². The Kier molecular flexibility index (Phi) is 6.72. The fourth-order valence-electron chi connectivity index (χ4n) is 4.26. The fourth-order valence-corrected chi connectivity index (χ4v) is 4.26. The summed E-state index contributed by atoms with van der Waals surface area (Å²) < 4.78 is 50.3. The van der Waals surface area contributed by atoms with Crippen molar-refractivity contribution in [1.29, 1.82) is 0 Å². The van der Waals surface area contributed by atoms with E-state index in [1.807, 2.05) is 42.6 Å². The van der Waals surface area contributed by atoms with Gasteiger partial charge in [0.25, 0.3) is 0 Å². The van der Waals surface area contributed by atoms with Crippen LogP contribution in [0, 0.1) is 5.41 Å². The Labute approximate surface area is 191 Å². The quantitative estimate of drug-likeness (QED) is 0.475. The topological polar surface area (TPSA) is 47.5 Å². The zero-order valence-electron chi connectivity index (χ0n) is 18.4. The molecule has 0 N–H and O–H groups in total. The maximum absolute atomic E-state index is 12.9. The number of rotatable bonds is 7. The molecule has 3 aromatic rings. The van der Waals surface area contributed by atoms with Crippen LogP contribution in [0.25, 0.3) is 0 Å². The van der Waals surface area contributed by atoms with Gasteiger partial charge in [0.1, 0.15) is 17.2 Å². The van der Waals surface area contributed by atoms with Gasteiger partial charge in [0.05, 0.1) is 25.6 Å². The Bertz CT molecular complexity index is 1030. The summed E-state index contributed by atoms with van der Waals surface area (Å²) in [7, 11) is 1.65. The van der Waals surface area contributed by atoms with Crippen LogP contribution in [0.2, 0.25) is 0 Å². The molecule has 2 aromatic heterocycles. The second kappa shape index (κ2) is 9.68. The first kappa shape index (κ1) is 22.9. The van der Waals surface area contributed by atoms with Gasteiger partial charge in [0.15, 0.2) is 0 Å². The van der Waals surface area contributed by atoms with Crippen molar-refractivity contribution in [2.24, 2.45) is 5.41 Å². The number of aromatic nitrogens is 2. The summed E-state index contributed by atoms with van der Waals surface area (Å²) in [5.74, 6) is 1.60. The van der Waals surface area contributed by atoms with Crippen LogP contribution in [0.15, 0.2) is 67.1 Å². The Morgan fingerprint density at radius 2 is 1.76 bits per heavy atom. The summed E-state index contributed by atoms with van der Waals surface area (Å²) in [6, 6.07) is 14.1. The number of alkyl halides is 3. The molecule has 1 aliphatic rings. The van der Waals surface area contributed by atoms with E-state index in [1.165, 1.54) is 12.3 Å². The summed E-state index contributed by atoms with van der Waals surface area (Å²) in [5, 5.41) is 0. The normalized spacial score (nSPS) is 15.8. The Morgan fingerprint density at radius 3 is 2.39 bits per heavy atom. The standard InChI is InChI=1S/C25H26F3N3O2/c1-32-22-9-12-29-16-19(22)15-24(18-33-21-5-3-2-4-6-21)10-13-31(14-11-24)20-7-8-23(30-17-20)25(26,27)28/h2-9,12,16-17H,10-11,13-15,18H2,1H3. The highest BCUT2D eigenvalue weighted by Gasteiger charge is 2.37. The number of para-hydroxylation sites is 1. The molecule has 4 rings (SSSR count). The van der Waals surface area contributed by atoms with Gasteiger partial charge in [-0.3, -0.25) is 4.98 Å². The lowest BCUT2D eigenvalue weighted by Gasteiger charge is -2.42. The largest absolute Gasteiger partial charge is 0.496 e. The van der Waals surface area contributed by atoms with Gasteiger partial charge in [-0.25, -0.2) is 4.98 Å². The van der Waals surface area contributed by atoms with E-state index in [2.05, 4.69) is 14.9 Å². The molecular formula is C25H26F3N3O2. The Morgan fingerprint density at radius 1 is 1.00 bits per heavy atom. The molecule has 1 aliphatic heterocycles. The second-order valence-corrected chi connectivity index (χ2v) is 8.35. The number of pyridine rings is 2. The molecule has 0 aliphatic carbocycles. The lowest BCUT2D eigenvalue weighted by molar-refractivity contribution is -0.141. The van der Waals surface area contributed by atoms with E-state index in [4.69, 9.17) is 9.47 Å². The monoisotopic (exact) mass is 457 g/mol. The van der Waals surface area contributed by atoms with E-state index in [0.717, 1.165) is 42.4 Å². The first-order valence-corrected chi connectivity index (χ1v) is 10.8. The van der Waals surface area contributed by atoms with Crippen molar-refractivity contribution in [3.8, 4) is 11.5 Å². The van der Waals surface area contributed by atoms with Gasteiger partial charge in [-0.2, -0.15) is 13.2 Å². The minimum atomic E-state index is -4.44. The number of methoxy groups -OCH3 is 1. The summed E-state index contributed by atoms with van der Waals surface area (Å²) >= 11 is 0. The van der Waals surface area contributed by atoms with Gasteiger partial charge >= 0.3 is 6.18 Å². The average molecular weight is 457 g/mol. The van der Waals surface area contributed by atoms with Crippen molar-refractivity contribution in [2.45, 2.75) is 25.4 Å². The highest BCUT2D eigenvalue weighted by Crippen LogP contribution is 2.39. The van der Waals surface area contributed by atoms with E-state index in [0.29, 0.717) is 25.4 Å². The number of benzene rings is 1. The van der Waals surface area contributed by atoms with Crippen molar-refractivity contribution < 1.29 is 22.6 Å². The van der Waals surface area contributed by atoms with Gasteiger partial charge in [0.2, 0.25) is 0 Å². The van der Waals surface area contributed by atoms with Crippen molar-refractivity contribution in [1.82, 2.24) is 9.97 Å². The molecule has 3 heterocycles. The Balaban J connectivity index is 1.51. The molecule has 0 spiro atoms. The summed E-state index contributed by atoms with van der Waals surface area (Å²) in [4.78, 5) is 9.96. The van der Waals surface area contributed by atoms with E-state index >= 15 is 0 Å². The van der Waals surface area contributed by atoms with Crippen LogP contribution in [-0.2, 0) is 12.6 Å². The third kappa shape index (κ3) is 5.56. The Hall–Kier alpha value is -3.29. The number of anilines is 1. The highest BCUT2D eigenvalue weighted by molar-refractivity contribution is 5.45. The summed E-state index contributed by atoms with van der Waals surface area (Å²) in [5.41, 5.74) is 0.667. The van der Waals surface area contributed by atoms with E-state index in [-0.39, 0.29) is 5.41 Å². The molecule has 174 valence electrons. The molecule has 8 heteroatoms. The zero-order chi connectivity index (χ0) is 23.3. The van der Waals surface area contributed by atoms with Crippen LogP contribution in [-0.4, -0.2) is 36.8 Å². The van der Waals surface area contributed by atoms with Crippen molar-refractivity contribution in [3.63, 3.8) is 0 Å². The minimum Gasteiger partial charge on any atom is -0.496 e. The third-order valence-corrected chi connectivity index (χ3v) is 6.16. The van der Waals surface area contributed by atoms with E-state index in [9.17, 15) is 13.2 Å². The molecule has 0 radical (unpaired) electrons. The maximum Gasteiger partial charge on any atom is 0.433 e. The van der Waals surface area contributed by atoms with Crippen LogP contribution < -0.4 is 14.4 Å². The van der Waals surface area contributed by atoms with Crippen LogP contribution in [0.4, 0.5) is 18.9 Å². The van der Waals surface area contributed by atoms with Crippen molar-refractivity contribution in [2.75, 3.05) is 31.7 Å². The van der Waals surface area contributed by atoms with Gasteiger partial charge in [-0.1, -0.05) is 18.2 Å². The van der Waals surface area contributed by atoms with Gasteiger partial charge in [-0.15, -0.1) is 0 Å². The van der Waals surface area contributed by atoms with Gasteiger partial charge < -0.3 is 14.4 Å². The zero-order valence-corrected chi connectivity index (χ0v) is 18.4. The van der Waals surface area contributed by atoms with Gasteiger partial charge in [0, 0.05) is 36.5 Å². The molecule has 0 bridgehead atoms. The smallest absolute Gasteiger partial charge is 0.433 e. The van der Waals surface area contributed by atoms with Crippen LogP contribution in [0.1, 0.15) is 24.1 Å². The number of nitrogens with zero attached hydrogens (tertiary/aromatic N) is 3. The number of hydrogen-bond donors (Lipinski definition) is 0. The molecule has 1 fully saturated rings. The average Bonchev–Trinajstić information content (AvgIpc) is 2.84. The van der Waals surface area contributed by atoms with E-state index < -0.39 is 11.9 Å². The first-order chi connectivity index (χ1) is 15.9. The number of piperidine rings is 1. The van der Waals surface area contributed by atoms with Gasteiger partial charge in [-0.05, 0) is 49.6 Å². The number of halogens is 3. The molecule has 0 atom stereocenters. The minimum absolute atomic E-state index is 0.165. The number of hydrogen-bond acceptors (Lipinski definition) is 5. The second-order valence-electron chi connectivity index (χ2n) is 8.35. The third-order valence-electron chi connectivity index (χ3n) is 6.16. The molecule has 0 saturated carbocycles. The lowest BCUT2D eigenvalue weighted by atomic mass is 9.74. The van der Waals surface area contributed by atoms with Crippen molar-refractivity contribution >= 4 is 5.69 Å². The maximum atomic E-state index is 12.9. The predicted octanol–water partition coefficient (Wildman–Crippen LogP) is 5.41. The van der Waals surface area contributed by atoms with Crippen LogP contribution in [0.3, 0.4) is 0 Å². The molecule has 1 aromatic carbocycles. The highest BCUT2D eigenvalue weighted by atomic mass is 19.4. The SMILES string of the molecule is COc1ccncc1CC1(COc2ccccc2)CCN(c2ccc(C(F)(F)F)nc2)CC1. The fraction of sp³-hybridized carbons (Fsp3) is 0.360.